The molecule has 1 aromatic heterocycles. The first-order valence-electron chi connectivity index (χ1n) is 5.22. The Morgan fingerprint density at radius 1 is 1.29 bits per heavy atom. The average molecular weight is 240 g/mol. The van der Waals surface area contributed by atoms with Crippen molar-refractivity contribution in [3.05, 3.63) is 24.1 Å². The summed E-state index contributed by atoms with van der Waals surface area (Å²) in [7, 11) is 1.08. The minimum absolute atomic E-state index is 0.220. The molecule has 6 heteroatoms. The van der Waals surface area contributed by atoms with Crippen LogP contribution in [-0.2, 0) is 4.65 Å². The fraction of sp³-hybridized carbons (Fsp3) is 0.545. The van der Waals surface area contributed by atoms with Crippen LogP contribution in [-0.4, -0.2) is 29.0 Å². The van der Waals surface area contributed by atoms with Gasteiger partial charge in [-0.3, -0.25) is 0 Å². The van der Waals surface area contributed by atoms with Crippen LogP contribution in [0.2, 0.25) is 0 Å². The fourth-order valence-corrected chi connectivity index (χ4v) is 0.770. The lowest BCUT2D eigenvalue weighted by Gasteiger charge is -2.36. The van der Waals surface area contributed by atoms with Gasteiger partial charge in [-0.25, -0.2) is 9.37 Å². The summed E-state index contributed by atoms with van der Waals surface area (Å²) in [6, 6.07) is 2.61. The summed E-state index contributed by atoms with van der Waals surface area (Å²) in [6.07, 6.45) is 1.05. The average Bonchev–Trinajstić information content (AvgIpc) is 2.19. The maximum absolute atomic E-state index is 12.6. The van der Waals surface area contributed by atoms with E-state index in [0.717, 1.165) is 13.9 Å². The Hall–Kier alpha value is -1.14. The third-order valence-electron chi connectivity index (χ3n) is 2.69. The van der Waals surface area contributed by atoms with Crippen molar-refractivity contribution < 1.29 is 18.8 Å². The topological polar surface area (TPSA) is 51.6 Å². The highest BCUT2D eigenvalue weighted by Crippen LogP contribution is 2.24. The number of halogens is 1. The third kappa shape index (κ3) is 3.98. The molecule has 0 amide bonds. The smallest absolute Gasteiger partial charge is 0.523 e. The van der Waals surface area contributed by atoms with Crippen molar-refractivity contribution in [3.63, 3.8) is 0 Å². The van der Waals surface area contributed by atoms with Gasteiger partial charge in [-0.15, -0.1) is 0 Å². The quantitative estimate of drug-likeness (QED) is 0.796. The van der Waals surface area contributed by atoms with Crippen LogP contribution in [0.3, 0.4) is 0 Å². The van der Waals surface area contributed by atoms with Crippen LogP contribution < -0.4 is 4.65 Å². The van der Waals surface area contributed by atoms with Gasteiger partial charge in [-0.05, 0) is 33.8 Å². The monoisotopic (exact) mass is 240 g/mol. The van der Waals surface area contributed by atoms with Crippen LogP contribution >= 0.6 is 0 Å². The number of hydrogen-bond acceptors (Lipinski definition) is 4. The standard InChI is InChI=1S/C11H16BFNO3/c1-10(2,15)11(3,4)17-12-16-9-6-5-8(13)7-14-9/h5-7,15H,1-4H3. The molecule has 0 atom stereocenters. The van der Waals surface area contributed by atoms with Crippen molar-refractivity contribution in [3.8, 4) is 5.88 Å². The minimum Gasteiger partial charge on any atom is -0.523 e. The van der Waals surface area contributed by atoms with Gasteiger partial charge >= 0.3 is 7.69 Å². The van der Waals surface area contributed by atoms with Crippen LogP contribution in [0.4, 0.5) is 4.39 Å². The van der Waals surface area contributed by atoms with Gasteiger partial charge in [0.05, 0.1) is 17.4 Å². The Labute approximate surface area is 101 Å². The number of rotatable bonds is 5. The van der Waals surface area contributed by atoms with E-state index in [1.54, 1.807) is 27.7 Å². The summed E-state index contributed by atoms with van der Waals surface area (Å²) >= 11 is 0. The van der Waals surface area contributed by atoms with Gasteiger partial charge in [-0.2, -0.15) is 0 Å². The fourth-order valence-electron chi connectivity index (χ4n) is 0.770. The molecular formula is C11H16BFNO3. The number of pyridine rings is 1. The number of aliphatic hydroxyl groups is 1. The lowest BCUT2D eigenvalue weighted by Crippen LogP contribution is -2.48. The predicted molar refractivity (Wildman–Crippen MR) is 62.0 cm³/mol. The summed E-state index contributed by atoms with van der Waals surface area (Å²) in [4.78, 5) is 3.69. The first-order chi connectivity index (χ1) is 7.72. The Kier molecular flexibility index (Phi) is 4.11. The van der Waals surface area contributed by atoms with Crippen LogP contribution in [0.5, 0.6) is 5.88 Å². The molecule has 17 heavy (non-hydrogen) atoms. The highest BCUT2D eigenvalue weighted by Gasteiger charge is 2.36. The molecule has 0 saturated carbocycles. The molecule has 4 nitrogen and oxygen atoms in total. The predicted octanol–water partition coefficient (Wildman–Crippen LogP) is 1.70. The largest absolute Gasteiger partial charge is 0.573 e. The zero-order valence-corrected chi connectivity index (χ0v) is 10.4. The lowest BCUT2D eigenvalue weighted by atomic mass is 9.89. The molecule has 0 aliphatic rings. The SMILES string of the molecule is CC(C)(O)C(C)(C)O[B]Oc1ccc(F)cn1. The molecule has 1 rings (SSSR count). The van der Waals surface area contributed by atoms with E-state index in [9.17, 15) is 9.50 Å². The zero-order valence-electron chi connectivity index (χ0n) is 10.4. The number of nitrogens with zero attached hydrogens (tertiary/aromatic N) is 1. The number of hydrogen-bond donors (Lipinski definition) is 1. The first-order valence-corrected chi connectivity index (χ1v) is 5.22. The molecule has 0 fully saturated rings. The van der Waals surface area contributed by atoms with E-state index < -0.39 is 17.0 Å². The Morgan fingerprint density at radius 3 is 2.41 bits per heavy atom. The molecule has 1 heterocycles. The summed E-state index contributed by atoms with van der Waals surface area (Å²) < 4.78 is 22.9. The summed E-state index contributed by atoms with van der Waals surface area (Å²) in [5, 5.41) is 9.81. The van der Waals surface area contributed by atoms with Crippen LogP contribution in [0.1, 0.15) is 27.7 Å². The molecule has 0 bridgehead atoms. The van der Waals surface area contributed by atoms with Gasteiger partial charge in [0.2, 0.25) is 0 Å². The van der Waals surface area contributed by atoms with E-state index in [1.165, 1.54) is 12.1 Å². The maximum Gasteiger partial charge on any atom is 0.573 e. The van der Waals surface area contributed by atoms with Crippen molar-refractivity contribution in [2.75, 3.05) is 0 Å². The van der Waals surface area contributed by atoms with Crippen LogP contribution in [0, 0.1) is 5.82 Å². The van der Waals surface area contributed by atoms with Crippen molar-refractivity contribution >= 4 is 7.69 Å². The van der Waals surface area contributed by atoms with E-state index in [4.69, 9.17) is 9.31 Å². The minimum atomic E-state index is -1.02. The van der Waals surface area contributed by atoms with Gasteiger partial charge in [0.1, 0.15) is 5.82 Å². The van der Waals surface area contributed by atoms with Crippen molar-refractivity contribution in [2.45, 2.75) is 38.9 Å². The molecule has 1 N–H and O–H groups in total. The molecule has 0 aliphatic carbocycles. The van der Waals surface area contributed by atoms with E-state index in [-0.39, 0.29) is 5.88 Å². The van der Waals surface area contributed by atoms with Gasteiger partial charge in [-0.1, -0.05) is 0 Å². The van der Waals surface area contributed by atoms with E-state index in [2.05, 4.69) is 4.98 Å². The second-order valence-corrected chi connectivity index (χ2v) is 4.72. The van der Waals surface area contributed by atoms with Gasteiger partial charge in [0.25, 0.3) is 0 Å². The van der Waals surface area contributed by atoms with Crippen molar-refractivity contribution in [1.82, 2.24) is 4.98 Å². The van der Waals surface area contributed by atoms with Crippen LogP contribution in [0.25, 0.3) is 0 Å². The first kappa shape index (κ1) is 13.9. The third-order valence-corrected chi connectivity index (χ3v) is 2.69. The Morgan fingerprint density at radius 2 is 1.94 bits per heavy atom. The number of aromatic nitrogens is 1. The summed E-state index contributed by atoms with van der Waals surface area (Å²) in [5.74, 6) is -0.215. The Bertz CT molecular complexity index is 362. The highest BCUT2D eigenvalue weighted by molar-refractivity contribution is 6.19. The maximum atomic E-state index is 12.6. The molecule has 1 aromatic rings. The normalized spacial score (nSPS) is 12.4. The van der Waals surface area contributed by atoms with Gasteiger partial charge in [0, 0.05) is 6.07 Å². The van der Waals surface area contributed by atoms with Crippen LogP contribution in [0.15, 0.2) is 18.3 Å². The second-order valence-electron chi connectivity index (χ2n) is 4.72. The second kappa shape index (κ2) is 5.02. The molecule has 0 saturated heterocycles. The van der Waals surface area contributed by atoms with Crippen molar-refractivity contribution in [2.24, 2.45) is 0 Å². The molecule has 0 unspecified atom stereocenters. The Balaban J connectivity index is 2.45. The molecule has 0 spiro atoms. The molecule has 0 aliphatic heterocycles. The highest BCUT2D eigenvalue weighted by atomic mass is 19.1. The van der Waals surface area contributed by atoms with E-state index in [0.29, 0.717) is 0 Å². The molecule has 93 valence electrons. The van der Waals surface area contributed by atoms with Crippen molar-refractivity contribution in [1.29, 1.82) is 0 Å². The van der Waals surface area contributed by atoms with E-state index >= 15 is 0 Å². The lowest BCUT2D eigenvalue weighted by molar-refractivity contribution is -0.0949. The van der Waals surface area contributed by atoms with E-state index in [1.807, 2.05) is 0 Å². The molecular weight excluding hydrogens is 224 g/mol. The zero-order chi connectivity index (χ0) is 13.1. The van der Waals surface area contributed by atoms with Gasteiger partial charge < -0.3 is 14.4 Å². The molecule has 1 radical (unpaired) electrons. The summed E-state index contributed by atoms with van der Waals surface area (Å²) in [5.41, 5.74) is -1.84. The summed E-state index contributed by atoms with van der Waals surface area (Å²) in [6.45, 7) is 6.73. The molecule has 0 aromatic carbocycles. The van der Waals surface area contributed by atoms with Gasteiger partial charge in [0.15, 0.2) is 5.88 Å².